The molecule has 3 N–H and O–H groups in total. The maximum absolute atomic E-state index is 13.6. The Balaban J connectivity index is 1.27. The molecule has 0 spiro atoms. The van der Waals surface area contributed by atoms with Gasteiger partial charge in [-0.1, -0.05) is 78.9 Å². The molecule has 1 fully saturated rings. The van der Waals surface area contributed by atoms with Crippen molar-refractivity contribution in [1.82, 2.24) is 10.2 Å². The summed E-state index contributed by atoms with van der Waals surface area (Å²) in [7, 11) is 0. The fourth-order valence-electron chi connectivity index (χ4n) is 5.55. The van der Waals surface area contributed by atoms with E-state index in [1.54, 1.807) is 6.92 Å². The number of ether oxygens (including phenoxy) is 2. The topological polar surface area (TPSA) is 125 Å². The second-order valence-electron chi connectivity index (χ2n) is 10.6. The summed E-state index contributed by atoms with van der Waals surface area (Å²) in [5.41, 5.74) is 3.41. The number of aliphatic carboxylic acids is 1. The number of benzene rings is 3. The molecule has 1 aliphatic heterocycles. The molecule has 2 aliphatic rings. The molecule has 9 nitrogen and oxygen atoms in total. The quantitative estimate of drug-likeness (QED) is 0.363. The highest BCUT2D eigenvalue weighted by Gasteiger charge is 2.42. The fourth-order valence-corrected chi connectivity index (χ4v) is 5.55. The Kier molecular flexibility index (Phi) is 8.37. The van der Waals surface area contributed by atoms with Gasteiger partial charge in [-0.15, -0.1) is 0 Å². The number of likely N-dealkylation sites (tertiary alicyclic amines) is 1. The number of alkyl carbamates (subject to hydrolysis) is 1. The maximum Gasteiger partial charge on any atom is 0.407 e. The second-order valence-corrected chi connectivity index (χ2v) is 10.6. The van der Waals surface area contributed by atoms with Crippen LogP contribution in [0.25, 0.3) is 11.1 Å². The molecule has 1 heterocycles. The average molecular weight is 559 g/mol. The lowest BCUT2D eigenvalue weighted by Crippen LogP contribution is -2.58. The van der Waals surface area contributed by atoms with Gasteiger partial charge in [0.15, 0.2) is 5.60 Å². The lowest BCUT2D eigenvalue weighted by molar-refractivity contribution is -0.166. The van der Waals surface area contributed by atoms with E-state index in [9.17, 15) is 24.6 Å². The van der Waals surface area contributed by atoms with Gasteiger partial charge in [-0.3, -0.25) is 4.79 Å². The number of nitrogens with one attached hydrogen (secondary N) is 1. The Hall–Kier alpha value is -4.21. The number of fused-ring (bicyclic) bond motifs is 3. The van der Waals surface area contributed by atoms with Crippen LogP contribution < -0.4 is 5.32 Å². The van der Waals surface area contributed by atoms with Gasteiger partial charge in [0.1, 0.15) is 12.6 Å². The summed E-state index contributed by atoms with van der Waals surface area (Å²) in [5.74, 6) is -1.87. The highest BCUT2D eigenvalue weighted by atomic mass is 16.5. The van der Waals surface area contributed by atoms with E-state index in [2.05, 4.69) is 17.4 Å². The Morgan fingerprint density at radius 1 is 0.927 bits per heavy atom. The molecule has 0 saturated carbocycles. The number of carboxylic acids is 1. The minimum absolute atomic E-state index is 0.0376. The van der Waals surface area contributed by atoms with Crippen LogP contribution >= 0.6 is 0 Å². The second kappa shape index (κ2) is 12.1. The van der Waals surface area contributed by atoms with Crippen LogP contribution in [0.4, 0.5) is 4.79 Å². The van der Waals surface area contributed by atoms with Crippen molar-refractivity contribution >= 4 is 18.0 Å². The number of carbonyl (C=O) groups excluding carboxylic acids is 2. The molecule has 0 aromatic heterocycles. The summed E-state index contributed by atoms with van der Waals surface area (Å²) in [6, 6.07) is 24.5. The summed E-state index contributed by atoms with van der Waals surface area (Å²) >= 11 is 0. The van der Waals surface area contributed by atoms with Crippen molar-refractivity contribution in [2.75, 3.05) is 19.7 Å². The van der Waals surface area contributed by atoms with Crippen molar-refractivity contribution in [3.63, 3.8) is 0 Å². The Morgan fingerprint density at radius 2 is 1.49 bits per heavy atom. The van der Waals surface area contributed by atoms with E-state index in [0.717, 1.165) is 27.8 Å². The van der Waals surface area contributed by atoms with E-state index in [1.807, 2.05) is 66.7 Å². The summed E-state index contributed by atoms with van der Waals surface area (Å²) in [6.07, 6.45) is -1.68. The molecular weight excluding hydrogens is 524 g/mol. The first-order chi connectivity index (χ1) is 19.8. The predicted octanol–water partition coefficient (Wildman–Crippen LogP) is 3.94. The third kappa shape index (κ3) is 6.11. The molecule has 2 amide bonds. The first kappa shape index (κ1) is 28.3. The fraction of sp³-hybridized carbons (Fsp3) is 0.344. The zero-order valence-electron chi connectivity index (χ0n) is 22.9. The van der Waals surface area contributed by atoms with Gasteiger partial charge in [0.25, 0.3) is 0 Å². The van der Waals surface area contributed by atoms with E-state index >= 15 is 0 Å². The molecule has 5 rings (SSSR count). The van der Waals surface area contributed by atoms with Crippen molar-refractivity contribution in [2.45, 2.75) is 50.0 Å². The molecule has 9 heteroatoms. The van der Waals surface area contributed by atoms with Gasteiger partial charge in [-0.05, 0) is 34.7 Å². The van der Waals surface area contributed by atoms with Gasteiger partial charge in [0, 0.05) is 31.8 Å². The van der Waals surface area contributed by atoms with Gasteiger partial charge in [0.05, 0.1) is 12.7 Å². The third-order valence-electron chi connectivity index (χ3n) is 8.01. The average Bonchev–Trinajstić information content (AvgIpc) is 3.31. The number of hydrogen-bond acceptors (Lipinski definition) is 6. The monoisotopic (exact) mass is 558 g/mol. The van der Waals surface area contributed by atoms with Gasteiger partial charge >= 0.3 is 12.1 Å². The smallest absolute Gasteiger partial charge is 0.407 e. The van der Waals surface area contributed by atoms with Gasteiger partial charge in [-0.2, -0.15) is 0 Å². The van der Waals surface area contributed by atoms with Gasteiger partial charge in [-0.25, -0.2) is 9.59 Å². The number of amides is 2. The van der Waals surface area contributed by atoms with Crippen LogP contribution in [0.5, 0.6) is 0 Å². The minimum atomic E-state index is -1.87. The van der Waals surface area contributed by atoms with Crippen LogP contribution in [0.15, 0.2) is 78.9 Å². The van der Waals surface area contributed by atoms with Crippen molar-refractivity contribution in [2.24, 2.45) is 0 Å². The Morgan fingerprint density at radius 3 is 2.07 bits per heavy atom. The molecule has 3 aromatic rings. The molecule has 0 unspecified atom stereocenters. The lowest BCUT2D eigenvalue weighted by atomic mass is 9.91. The number of nitrogens with zero attached hydrogens (tertiary/aromatic N) is 1. The molecule has 41 heavy (non-hydrogen) atoms. The summed E-state index contributed by atoms with van der Waals surface area (Å²) < 4.78 is 11.7. The first-order valence-corrected chi connectivity index (χ1v) is 13.8. The van der Waals surface area contributed by atoms with Crippen molar-refractivity contribution in [3.8, 4) is 11.1 Å². The highest BCUT2D eigenvalue weighted by molar-refractivity contribution is 5.87. The van der Waals surface area contributed by atoms with Crippen LogP contribution in [-0.2, 0) is 25.7 Å². The Labute approximate surface area is 238 Å². The Bertz CT molecular complexity index is 1360. The van der Waals surface area contributed by atoms with Crippen LogP contribution in [-0.4, -0.2) is 70.5 Å². The summed E-state index contributed by atoms with van der Waals surface area (Å²) in [4.78, 5) is 39.6. The predicted molar refractivity (Wildman–Crippen MR) is 151 cm³/mol. The first-order valence-electron chi connectivity index (χ1n) is 13.8. The van der Waals surface area contributed by atoms with Gasteiger partial charge in [0.2, 0.25) is 5.91 Å². The molecule has 2 atom stereocenters. The largest absolute Gasteiger partial charge is 0.479 e. The van der Waals surface area contributed by atoms with Crippen molar-refractivity contribution in [1.29, 1.82) is 0 Å². The van der Waals surface area contributed by atoms with Crippen LogP contribution in [0.3, 0.4) is 0 Å². The number of piperidine rings is 1. The maximum atomic E-state index is 13.6. The van der Waals surface area contributed by atoms with Gasteiger partial charge < -0.3 is 29.9 Å². The number of aliphatic hydroxyl groups is 1. The van der Waals surface area contributed by atoms with Crippen molar-refractivity contribution < 1.29 is 34.1 Å². The highest BCUT2D eigenvalue weighted by Crippen LogP contribution is 2.44. The summed E-state index contributed by atoms with van der Waals surface area (Å²) in [5, 5.41) is 22.4. The van der Waals surface area contributed by atoms with E-state index in [-0.39, 0.29) is 45.1 Å². The standard InChI is InChI=1S/C32H34N2O7/c1-21(40-19-22-9-3-2-4-10-22)28(29(35)34-17-15-32(39,16-18-34)30(36)37)33-31(38)41-20-27-25-13-7-5-11-23(25)24-12-6-8-14-26(24)27/h2-14,21,27-28,39H,15-20H2,1H3,(H,33,38)(H,36,37)/t21-,28+/m0/s1. The molecule has 1 saturated heterocycles. The molecule has 0 bridgehead atoms. The van der Waals surface area contributed by atoms with Crippen LogP contribution in [0.2, 0.25) is 0 Å². The van der Waals surface area contributed by atoms with E-state index in [0.29, 0.717) is 0 Å². The molecule has 0 radical (unpaired) electrons. The van der Waals surface area contributed by atoms with Crippen LogP contribution in [0.1, 0.15) is 42.4 Å². The summed E-state index contributed by atoms with van der Waals surface area (Å²) in [6.45, 7) is 2.10. The van der Waals surface area contributed by atoms with E-state index in [4.69, 9.17) is 9.47 Å². The molecule has 214 valence electrons. The number of carbonyl (C=O) groups is 3. The van der Waals surface area contributed by atoms with E-state index < -0.39 is 35.7 Å². The zero-order valence-corrected chi connectivity index (χ0v) is 22.9. The zero-order chi connectivity index (χ0) is 29.0. The molecule has 3 aromatic carbocycles. The number of hydrogen-bond donors (Lipinski definition) is 3. The SMILES string of the molecule is C[C@H](OCc1ccccc1)[C@@H](NC(=O)OCC1c2ccccc2-c2ccccc21)C(=O)N1CCC(O)(C(=O)O)CC1. The number of rotatable bonds is 9. The minimum Gasteiger partial charge on any atom is -0.479 e. The van der Waals surface area contributed by atoms with E-state index in [1.165, 1.54) is 4.90 Å². The molecular formula is C32H34N2O7. The number of carboxylic acid groups (broad SMARTS) is 1. The third-order valence-corrected chi connectivity index (χ3v) is 8.01. The normalized spacial score (nSPS) is 17.2. The van der Waals surface area contributed by atoms with Crippen LogP contribution in [0, 0.1) is 0 Å². The molecule has 1 aliphatic carbocycles. The van der Waals surface area contributed by atoms with Crippen molar-refractivity contribution in [3.05, 3.63) is 95.6 Å². The lowest BCUT2D eigenvalue weighted by Gasteiger charge is -2.37.